The number of nitrogens with zero attached hydrogens (tertiary/aromatic N) is 2. The lowest BCUT2D eigenvalue weighted by Gasteiger charge is -2.15. The number of hydrogen-bond donors (Lipinski definition) is 1. The second kappa shape index (κ2) is 9.18. The van der Waals surface area contributed by atoms with Crippen LogP contribution in [0.3, 0.4) is 0 Å². The van der Waals surface area contributed by atoms with Gasteiger partial charge in [0.2, 0.25) is 5.91 Å². The van der Waals surface area contributed by atoms with Crippen LogP contribution in [0.15, 0.2) is 23.0 Å². The second-order valence-corrected chi connectivity index (χ2v) is 6.72. The molecular weight excluding hydrogens is 375 g/mol. The monoisotopic (exact) mass is 399 g/mol. The van der Waals surface area contributed by atoms with Crippen molar-refractivity contribution in [1.82, 2.24) is 15.1 Å². The lowest BCUT2D eigenvalue weighted by Crippen LogP contribution is -2.36. The third kappa shape index (κ3) is 5.31. The van der Waals surface area contributed by atoms with Gasteiger partial charge < -0.3 is 10.1 Å². The molecule has 0 radical (unpaired) electrons. The molecule has 0 unspecified atom stereocenters. The molecule has 1 heterocycles. The molecule has 0 spiro atoms. The summed E-state index contributed by atoms with van der Waals surface area (Å²) in [5.41, 5.74) is -1.11. The Morgan fingerprint density at radius 1 is 1.25 bits per heavy atom. The van der Waals surface area contributed by atoms with Crippen LogP contribution in [0.5, 0.6) is 0 Å². The van der Waals surface area contributed by atoms with Crippen LogP contribution in [-0.4, -0.2) is 35.4 Å². The summed E-state index contributed by atoms with van der Waals surface area (Å²) >= 11 is 0. The molecule has 1 N–H and O–H groups in total. The number of carbonyl (C=O) groups is 1. The summed E-state index contributed by atoms with van der Waals surface area (Å²) in [6, 6.07) is 2.94. The van der Waals surface area contributed by atoms with E-state index in [9.17, 15) is 22.8 Å². The highest BCUT2D eigenvalue weighted by atomic mass is 19.4. The van der Waals surface area contributed by atoms with Gasteiger partial charge in [-0.05, 0) is 30.5 Å². The Labute approximate surface area is 160 Å². The van der Waals surface area contributed by atoms with Crippen molar-refractivity contribution < 1.29 is 22.7 Å². The number of halogens is 3. The van der Waals surface area contributed by atoms with Gasteiger partial charge in [-0.15, -0.1) is 0 Å². The van der Waals surface area contributed by atoms with Crippen LogP contribution in [0.4, 0.5) is 13.2 Å². The molecule has 0 aliphatic carbocycles. The van der Waals surface area contributed by atoms with E-state index >= 15 is 0 Å². The molecule has 0 fully saturated rings. The van der Waals surface area contributed by atoms with E-state index in [0.29, 0.717) is 25.5 Å². The Morgan fingerprint density at radius 2 is 1.96 bits per heavy atom. The highest BCUT2D eigenvalue weighted by Crippen LogP contribution is 2.32. The summed E-state index contributed by atoms with van der Waals surface area (Å²) in [6.45, 7) is 6.44. The first-order chi connectivity index (χ1) is 13.1. The molecule has 2 rings (SSSR count). The third-order valence-electron chi connectivity index (χ3n) is 4.07. The molecule has 154 valence electrons. The number of benzene rings is 1. The molecule has 1 aromatic carbocycles. The maximum atomic E-state index is 13.0. The lowest BCUT2D eigenvalue weighted by molar-refractivity contribution is -0.137. The first-order valence-electron chi connectivity index (χ1n) is 9.11. The maximum absolute atomic E-state index is 13.0. The summed E-state index contributed by atoms with van der Waals surface area (Å²) in [5, 5.41) is 7.05. The predicted octanol–water partition coefficient (Wildman–Crippen LogP) is 3.08. The number of amides is 1. The van der Waals surface area contributed by atoms with Gasteiger partial charge in [-0.2, -0.15) is 18.3 Å². The minimum atomic E-state index is -4.52. The number of nitrogens with one attached hydrogen (secondary N) is 1. The van der Waals surface area contributed by atoms with Crippen molar-refractivity contribution in [2.24, 2.45) is 0 Å². The summed E-state index contributed by atoms with van der Waals surface area (Å²) in [7, 11) is 0. The summed E-state index contributed by atoms with van der Waals surface area (Å²) in [5.74, 6) is -0.654. The van der Waals surface area contributed by atoms with E-state index in [4.69, 9.17) is 4.74 Å². The van der Waals surface area contributed by atoms with Crippen molar-refractivity contribution in [1.29, 1.82) is 0 Å². The molecule has 2 aromatic rings. The van der Waals surface area contributed by atoms with Gasteiger partial charge in [0.1, 0.15) is 6.54 Å². The SMILES string of the molecule is CCCOCCNC(=O)Cn1nc(C(C)C)c2cc(C(F)(F)F)ccc2c1=O. The average Bonchev–Trinajstić information content (AvgIpc) is 2.62. The standard InChI is InChI=1S/C19H24F3N3O3/c1-4-8-28-9-7-23-16(26)11-25-18(27)14-6-5-13(19(20,21)22)10-15(14)17(24-25)12(2)3/h5-6,10,12H,4,7-9,11H2,1-3H3,(H,23,26). The van der Waals surface area contributed by atoms with E-state index in [0.717, 1.165) is 29.3 Å². The molecule has 28 heavy (non-hydrogen) atoms. The number of ether oxygens (including phenoxy) is 1. The molecule has 0 aliphatic heterocycles. The highest BCUT2D eigenvalue weighted by Gasteiger charge is 2.31. The Hall–Kier alpha value is -2.42. The number of fused-ring (bicyclic) bond motifs is 1. The van der Waals surface area contributed by atoms with Gasteiger partial charge in [0.25, 0.3) is 5.56 Å². The number of alkyl halides is 3. The largest absolute Gasteiger partial charge is 0.416 e. The van der Waals surface area contributed by atoms with Crippen LogP contribution in [0.1, 0.15) is 44.4 Å². The minimum Gasteiger partial charge on any atom is -0.380 e. The van der Waals surface area contributed by atoms with Crippen LogP contribution in [0, 0.1) is 0 Å². The summed E-state index contributed by atoms with van der Waals surface area (Å²) in [6.07, 6.45) is -3.64. The van der Waals surface area contributed by atoms with E-state index in [1.54, 1.807) is 13.8 Å². The quantitative estimate of drug-likeness (QED) is 0.693. The van der Waals surface area contributed by atoms with Gasteiger partial charge in [-0.1, -0.05) is 20.8 Å². The molecule has 6 nitrogen and oxygen atoms in total. The minimum absolute atomic E-state index is 0.103. The van der Waals surface area contributed by atoms with Crippen molar-refractivity contribution in [3.05, 3.63) is 39.8 Å². The summed E-state index contributed by atoms with van der Waals surface area (Å²) < 4.78 is 45.3. The van der Waals surface area contributed by atoms with Crippen LogP contribution in [0.2, 0.25) is 0 Å². The number of rotatable bonds is 8. The first-order valence-corrected chi connectivity index (χ1v) is 9.11. The van der Waals surface area contributed by atoms with Crippen LogP contribution < -0.4 is 10.9 Å². The molecule has 1 aromatic heterocycles. The topological polar surface area (TPSA) is 73.2 Å². The third-order valence-corrected chi connectivity index (χ3v) is 4.07. The molecule has 1 amide bonds. The molecule has 9 heteroatoms. The fourth-order valence-corrected chi connectivity index (χ4v) is 2.72. The highest BCUT2D eigenvalue weighted by molar-refractivity contribution is 5.85. The molecule has 0 saturated heterocycles. The second-order valence-electron chi connectivity index (χ2n) is 6.72. The van der Waals surface area contributed by atoms with Crippen molar-refractivity contribution in [3.8, 4) is 0 Å². The zero-order valence-corrected chi connectivity index (χ0v) is 16.1. The molecule has 0 saturated carbocycles. The van der Waals surface area contributed by atoms with Crippen molar-refractivity contribution >= 4 is 16.7 Å². The molecule has 0 aliphatic rings. The lowest BCUT2D eigenvalue weighted by atomic mass is 10.0. The van der Waals surface area contributed by atoms with Crippen molar-refractivity contribution in [2.45, 2.75) is 45.8 Å². The van der Waals surface area contributed by atoms with Gasteiger partial charge in [0, 0.05) is 18.5 Å². The van der Waals surface area contributed by atoms with Crippen molar-refractivity contribution in [3.63, 3.8) is 0 Å². The van der Waals surface area contributed by atoms with E-state index in [1.807, 2.05) is 6.92 Å². The number of hydrogen-bond acceptors (Lipinski definition) is 4. The average molecular weight is 399 g/mol. The van der Waals surface area contributed by atoms with E-state index in [-0.39, 0.29) is 23.2 Å². The van der Waals surface area contributed by atoms with Crippen LogP contribution in [-0.2, 0) is 22.3 Å². The number of carbonyl (C=O) groups excluding carboxylic acids is 1. The van der Waals surface area contributed by atoms with Gasteiger partial charge in [-0.3, -0.25) is 9.59 Å². The van der Waals surface area contributed by atoms with Crippen LogP contribution in [0.25, 0.3) is 10.8 Å². The van der Waals surface area contributed by atoms with E-state index in [1.165, 1.54) is 0 Å². The van der Waals surface area contributed by atoms with Crippen molar-refractivity contribution in [2.75, 3.05) is 19.8 Å². The smallest absolute Gasteiger partial charge is 0.380 e. The zero-order valence-electron chi connectivity index (χ0n) is 16.1. The summed E-state index contributed by atoms with van der Waals surface area (Å²) in [4.78, 5) is 24.7. The van der Waals surface area contributed by atoms with E-state index < -0.39 is 23.2 Å². The van der Waals surface area contributed by atoms with Gasteiger partial charge >= 0.3 is 6.18 Å². The molecule has 0 atom stereocenters. The molecule has 0 bridgehead atoms. The Morgan fingerprint density at radius 3 is 2.57 bits per heavy atom. The fourth-order valence-electron chi connectivity index (χ4n) is 2.72. The maximum Gasteiger partial charge on any atom is 0.416 e. The first kappa shape index (κ1) is 21.9. The van der Waals surface area contributed by atoms with Gasteiger partial charge in [0.05, 0.1) is 23.3 Å². The number of aromatic nitrogens is 2. The van der Waals surface area contributed by atoms with E-state index in [2.05, 4.69) is 10.4 Å². The van der Waals surface area contributed by atoms with Gasteiger partial charge in [0.15, 0.2) is 0 Å². The Balaban J connectivity index is 2.31. The van der Waals surface area contributed by atoms with Crippen LogP contribution >= 0.6 is 0 Å². The zero-order chi connectivity index (χ0) is 20.9. The van der Waals surface area contributed by atoms with Gasteiger partial charge in [-0.25, -0.2) is 4.68 Å². The predicted molar refractivity (Wildman–Crippen MR) is 99.2 cm³/mol. The Bertz CT molecular complexity index is 892. The fraction of sp³-hybridized carbons (Fsp3) is 0.526. The normalized spacial score (nSPS) is 12.0. The molecular formula is C19H24F3N3O3. The Kier molecular flexibility index (Phi) is 7.17.